The van der Waals surface area contributed by atoms with E-state index in [0.29, 0.717) is 40.9 Å². The van der Waals surface area contributed by atoms with E-state index in [1.807, 2.05) is 13.8 Å². The first-order chi connectivity index (χ1) is 20.3. The summed E-state index contributed by atoms with van der Waals surface area (Å²) < 4.78 is 60.3. The molecule has 12 heteroatoms. The Hall–Kier alpha value is -3.16. The minimum absolute atomic E-state index is 0.00538. The van der Waals surface area contributed by atoms with Gasteiger partial charge in [0.1, 0.15) is 16.5 Å². The zero-order chi connectivity index (χ0) is 31.5. The average Bonchev–Trinajstić information content (AvgIpc) is 3.56. The summed E-state index contributed by atoms with van der Waals surface area (Å²) in [6.45, 7) is 3.60. The summed E-state index contributed by atoms with van der Waals surface area (Å²) in [6.07, 6.45) is -1.99. The van der Waals surface area contributed by atoms with Crippen LogP contribution in [0.15, 0.2) is 53.4 Å². The molecule has 1 aliphatic rings. The molecular weight excluding hydrogens is 582 g/mol. The fourth-order valence-corrected chi connectivity index (χ4v) is 8.14. The number of aromatic nitrogens is 1. The van der Waals surface area contributed by atoms with Gasteiger partial charge in [0.2, 0.25) is 10.0 Å². The molecule has 2 aromatic carbocycles. The van der Waals surface area contributed by atoms with Crippen LogP contribution in [0.25, 0.3) is 22.4 Å². The van der Waals surface area contributed by atoms with Crippen molar-refractivity contribution < 1.29 is 42.4 Å². The molecule has 1 aliphatic heterocycles. The van der Waals surface area contributed by atoms with Gasteiger partial charge in [-0.2, -0.15) is 4.31 Å². The van der Waals surface area contributed by atoms with Gasteiger partial charge in [-0.15, -0.1) is 0 Å². The number of hydrogen-bond donors (Lipinski definition) is 4. The molecule has 0 spiro atoms. The first kappa shape index (κ1) is 32.7. The van der Waals surface area contributed by atoms with E-state index < -0.39 is 52.3 Å². The van der Waals surface area contributed by atoms with Crippen LogP contribution in [0.5, 0.6) is 0 Å². The van der Waals surface area contributed by atoms with Crippen molar-refractivity contribution in [3.05, 3.63) is 65.9 Å². The zero-order valence-corrected chi connectivity index (χ0v) is 25.0. The van der Waals surface area contributed by atoms with Gasteiger partial charge in [0, 0.05) is 30.4 Å². The number of hydrogen-bond acceptors (Lipinski definition) is 6. The maximum atomic E-state index is 14.6. The van der Waals surface area contributed by atoms with E-state index in [1.54, 1.807) is 4.57 Å². The highest BCUT2D eigenvalue weighted by atomic mass is 32.2. The van der Waals surface area contributed by atoms with Crippen molar-refractivity contribution in [1.82, 2.24) is 8.87 Å². The summed E-state index contributed by atoms with van der Waals surface area (Å²) >= 11 is 0. The third-order valence-corrected chi connectivity index (χ3v) is 9.82. The Kier molecular flexibility index (Phi) is 10.4. The van der Waals surface area contributed by atoms with E-state index in [4.69, 9.17) is 5.11 Å². The van der Waals surface area contributed by atoms with Gasteiger partial charge in [-0.1, -0.05) is 26.0 Å². The number of nitrogens with zero attached hydrogens (tertiary/aromatic N) is 2. The molecule has 3 unspecified atom stereocenters. The number of rotatable bonds is 13. The van der Waals surface area contributed by atoms with Gasteiger partial charge in [0.15, 0.2) is 0 Å². The van der Waals surface area contributed by atoms with Gasteiger partial charge < -0.3 is 25.0 Å². The number of sulfonamides is 1. The molecule has 1 fully saturated rings. The van der Waals surface area contributed by atoms with Crippen LogP contribution in [-0.2, 0) is 21.4 Å². The lowest BCUT2D eigenvalue weighted by atomic mass is 10.00. The van der Waals surface area contributed by atoms with E-state index in [1.165, 1.54) is 52.8 Å². The van der Waals surface area contributed by atoms with Gasteiger partial charge in [-0.05, 0) is 79.1 Å². The van der Waals surface area contributed by atoms with Crippen molar-refractivity contribution >= 4 is 16.0 Å². The van der Waals surface area contributed by atoms with Crippen LogP contribution in [0, 0.1) is 11.6 Å². The van der Waals surface area contributed by atoms with Crippen LogP contribution >= 0.6 is 0 Å². The molecule has 0 saturated carbocycles. The summed E-state index contributed by atoms with van der Waals surface area (Å²) in [5, 5.41) is 39.8. The van der Waals surface area contributed by atoms with Gasteiger partial charge in [-0.25, -0.2) is 17.2 Å². The lowest BCUT2D eigenvalue weighted by molar-refractivity contribution is -0.139. The largest absolute Gasteiger partial charge is 0.481 e. The van der Waals surface area contributed by atoms with Crippen molar-refractivity contribution in [2.45, 2.75) is 81.6 Å². The Morgan fingerprint density at radius 2 is 1.56 bits per heavy atom. The first-order valence-corrected chi connectivity index (χ1v) is 15.8. The molecule has 3 aromatic rings. The maximum absolute atomic E-state index is 14.6. The van der Waals surface area contributed by atoms with E-state index in [-0.39, 0.29) is 43.4 Å². The fraction of sp³-hybridized carbons (Fsp3) is 0.452. The molecule has 4 rings (SSSR count). The number of carbonyl (C=O) groups is 1. The third-order valence-electron chi connectivity index (χ3n) is 7.80. The highest BCUT2D eigenvalue weighted by molar-refractivity contribution is 7.89. The van der Waals surface area contributed by atoms with Crippen LogP contribution in [0.4, 0.5) is 8.78 Å². The van der Waals surface area contributed by atoms with E-state index >= 15 is 0 Å². The number of benzene rings is 2. The summed E-state index contributed by atoms with van der Waals surface area (Å²) in [6, 6.07) is 10.4. The number of aliphatic hydroxyl groups is 3. The molecule has 234 valence electrons. The molecule has 4 N–H and O–H groups in total. The normalized spacial score (nSPS) is 17.4. The standard InChI is InChI=1S/C31H38F2N2O7S/c1-19(2)29-31(43(41,42)35-14-3-4-24(35)18-36)28(20-5-9-22(32)10-6-20)30(21-7-11-23(33)12-8-21)34(29)15-13-25(37)16-26(38)17-27(39)40/h5-12,19,24-26,36-38H,3-4,13-18H2,1-2H3,(H,39,40). The molecule has 0 bridgehead atoms. The number of carboxylic acids is 1. The van der Waals surface area contributed by atoms with Crippen LogP contribution in [0.1, 0.15) is 57.6 Å². The van der Waals surface area contributed by atoms with Crippen LogP contribution in [-0.4, -0.2) is 75.1 Å². The summed E-state index contributed by atoms with van der Waals surface area (Å²) in [7, 11) is -4.24. The lowest BCUT2D eigenvalue weighted by Gasteiger charge is -2.25. The first-order valence-electron chi connectivity index (χ1n) is 14.3. The van der Waals surface area contributed by atoms with Gasteiger partial charge >= 0.3 is 5.97 Å². The minimum Gasteiger partial charge on any atom is -0.481 e. The van der Waals surface area contributed by atoms with E-state index in [2.05, 4.69) is 0 Å². The Morgan fingerprint density at radius 1 is 0.977 bits per heavy atom. The predicted molar refractivity (Wildman–Crippen MR) is 157 cm³/mol. The molecule has 0 amide bonds. The van der Waals surface area contributed by atoms with E-state index in [0.717, 1.165) is 0 Å². The summed E-state index contributed by atoms with van der Waals surface area (Å²) in [5.74, 6) is -2.58. The minimum atomic E-state index is -4.24. The maximum Gasteiger partial charge on any atom is 0.305 e. The topological polar surface area (TPSA) is 140 Å². The molecule has 0 radical (unpaired) electrons. The van der Waals surface area contributed by atoms with Crippen molar-refractivity contribution in [2.24, 2.45) is 0 Å². The molecule has 1 saturated heterocycles. The van der Waals surface area contributed by atoms with Crippen LogP contribution < -0.4 is 0 Å². The second kappa shape index (κ2) is 13.6. The molecule has 3 atom stereocenters. The monoisotopic (exact) mass is 620 g/mol. The van der Waals surface area contributed by atoms with Crippen molar-refractivity contribution in [3.63, 3.8) is 0 Å². The molecule has 43 heavy (non-hydrogen) atoms. The molecule has 1 aromatic heterocycles. The number of halogens is 2. The SMILES string of the molecule is CC(C)c1c(S(=O)(=O)N2CCCC2CO)c(-c2ccc(F)cc2)c(-c2ccc(F)cc2)n1CCC(O)CC(O)CC(=O)O. The van der Waals surface area contributed by atoms with E-state index in [9.17, 15) is 37.3 Å². The molecule has 2 heterocycles. The number of carboxylic acid groups (broad SMARTS) is 1. The second-order valence-electron chi connectivity index (χ2n) is 11.3. The molecule has 9 nitrogen and oxygen atoms in total. The van der Waals surface area contributed by atoms with Gasteiger partial charge in [0.05, 0.1) is 30.9 Å². The zero-order valence-electron chi connectivity index (χ0n) is 24.2. The molecular formula is C31H38F2N2O7S. The summed E-state index contributed by atoms with van der Waals surface area (Å²) in [4.78, 5) is 11.0. The van der Waals surface area contributed by atoms with Gasteiger partial charge in [-0.3, -0.25) is 4.79 Å². The van der Waals surface area contributed by atoms with Crippen molar-refractivity contribution in [2.75, 3.05) is 13.2 Å². The Balaban J connectivity index is 1.98. The van der Waals surface area contributed by atoms with Crippen molar-refractivity contribution in [3.8, 4) is 22.4 Å². The van der Waals surface area contributed by atoms with Crippen molar-refractivity contribution in [1.29, 1.82) is 0 Å². The number of aliphatic hydroxyl groups excluding tert-OH is 3. The Labute approximate surface area is 250 Å². The smallest absolute Gasteiger partial charge is 0.305 e. The Morgan fingerprint density at radius 3 is 2.09 bits per heavy atom. The third kappa shape index (κ3) is 7.15. The van der Waals surface area contributed by atoms with Gasteiger partial charge in [0.25, 0.3) is 0 Å². The van der Waals surface area contributed by atoms with Crippen LogP contribution in [0.2, 0.25) is 0 Å². The lowest BCUT2D eigenvalue weighted by Crippen LogP contribution is -2.38. The average molecular weight is 621 g/mol. The predicted octanol–water partition coefficient (Wildman–Crippen LogP) is 4.35. The number of aliphatic carboxylic acids is 1. The summed E-state index contributed by atoms with van der Waals surface area (Å²) in [5.41, 5.74) is 2.04. The Bertz CT molecular complexity index is 1520. The second-order valence-corrected chi connectivity index (χ2v) is 13.1. The van der Waals surface area contributed by atoms with Crippen LogP contribution in [0.3, 0.4) is 0 Å². The highest BCUT2D eigenvalue weighted by Crippen LogP contribution is 2.46. The fourth-order valence-electron chi connectivity index (χ4n) is 5.89. The highest BCUT2D eigenvalue weighted by Gasteiger charge is 2.41. The molecule has 0 aliphatic carbocycles. The quantitative estimate of drug-likeness (QED) is 0.223.